The Bertz CT molecular complexity index is 718. The van der Waals surface area contributed by atoms with Crippen molar-refractivity contribution in [3.63, 3.8) is 0 Å². The fraction of sp³-hybridized carbons (Fsp3) is 0.667. The minimum absolute atomic E-state index is 0.146. The number of ether oxygens (including phenoxy) is 2. The molecule has 1 aromatic rings. The third kappa shape index (κ3) is 4.10. The number of hydrogen-bond donors (Lipinski definition) is 1. The first-order chi connectivity index (χ1) is 11.8. The Morgan fingerprint density at radius 1 is 1.28 bits per heavy atom. The SMILES string of the molecule is CC1CCCN(C(C)(C)CNS(=O)(=O)c2cccc3c2OCCO3)C1. The number of nitrogens with one attached hydrogen (secondary N) is 1. The molecule has 1 atom stereocenters. The van der Waals surface area contributed by atoms with E-state index < -0.39 is 10.0 Å². The molecule has 0 aromatic heterocycles. The molecule has 7 heteroatoms. The Morgan fingerprint density at radius 2 is 2.04 bits per heavy atom. The molecule has 0 bridgehead atoms. The summed E-state index contributed by atoms with van der Waals surface area (Å²) in [7, 11) is -3.67. The number of rotatable bonds is 5. The Kier molecular flexibility index (Phi) is 5.27. The molecule has 0 saturated carbocycles. The number of sulfonamides is 1. The summed E-state index contributed by atoms with van der Waals surface area (Å²) in [5, 5.41) is 0. The summed E-state index contributed by atoms with van der Waals surface area (Å²) >= 11 is 0. The summed E-state index contributed by atoms with van der Waals surface area (Å²) in [6.07, 6.45) is 2.40. The maximum absolute atomic E-state index is 12.8. The van der Waals surface area contributed by atoms with Gasteiger partial charge in [0.2, 0.25) is 10.0 Å². The van der Waals surface area contributed by atoms with Crippen LogP contribution >= 0.6 is 0 Å². The van der Waals surface area contributed by atoms with Gasteiger partial charge in [-0.3, -0.25) is 4.90 Å². The number of nitrogens with zero attached hydrogens (tertiary/aromatic N) is 1. The van der Waals surface area contributed by atoms with Crippen LogP contribution in [-0.4, -0.2) is 51.7 Å². The number of hydrogen-bond acceptors (Lipinski definition) is 5. The van der Waals surface area contributed by atoms with E-state index in [0.29, 0.717) is 37.2 Å². The third-order valence-corrected chi connectivity index (χ3v) is 6.45. The van der Waals surface area contributed by atoms with E-state index in [9.17, 15) is 8.42 Å². The molecule has 140 valence electrons. The lowest BCUT2D eigenvalue weighted by Crippen LogP contribution is -2.54. The van der Waals surface area contributed by atoms with E-state index in [1.165, 1.54) is 6.42 Å². The van der Waals surface area contributed by atoms with Gasteiger partial charge in [-0.1, -0.05) is 13.0 Å². The van der Waals surface area contributed by atoms with E-state index in [1.807, 2.05) is 0 Å². The van der Waals surface area contributed by atoms with E-state index >= 15 is 0 Å². The Hall–Kier alpha value is -1.31. The Morgan fingerprint density at radius 3 is 2.80 bits per heavy atom. The standard InChI is InChI=1S/C18H28N2O4S/c1-14-6-5-9-20(12-14)18(2,3)13-19-25(21,22)16-8-4-7-15-17(16)24-11-10-23-15/h4,7-8,14,19H,5-6,9-13H2,1-3H3. The van der Waals surface area contributed by atoms with E-state index in [0.717, 1.165) is 19.5 Å². The molecule has 1 fully saturated rings. The zero-order chi connectivity index (χ0) is 18.1. The van der Waals surface area contributed by atoms with Crippen LogP contribution in [-0.2, 0) is 10.0 Å². The van der Waals surface area contributed by atoms with Crippen molar-refractivity contribution >= 4 is 10.0 Å². The number of likely N-dealkylation sites (tertiary alicyclic amines) is 1. The molecule has 2 aliphatic rings. The quantitative estimate of drug-likeness (QED) is 0.863. The fourth-order valence-corrected chi connectivity index (χ4v) is 4.82. The van der Waals surface area contributed by atoms with Crippen LogP contribution in [0.3, 0.4) is 0 Å². The van der Waals surface area contributed by atoms with Crippen molar-refractivity contribution in [1.29, 1.82) is 0 Å². The lowest BCUT2D eigenvalue weighted by atomic mass is 9.94. The first-order valence-corrected chi connectivity index (χ1v) is 10.4. The number of fused-ring (bicyclic) bond motifs is 1. The lowest BCUT2D eigenvalue weighted by Gasteiger charge is -2.43. The molecule has 2 aliphatic heterocycles. The van der Waals surface area contributed by atoms with E-state index in [2.05, 4.69) is 30.4 Å². The van der Waals surface area contributed by atoms with Crippen molar-refractivity contribution in [2.75, 3.05) is 32.8 Å². The van der Waals surface area contributed by atoms with Gasteiger partial charge in [0.15, 0.2) is 11.5 Å². The summed E-state index contributed by atoms with van der Waals surface area (Å²) < 4.78 is 39.5. The molecule has 2 heterocycles. The second-order valence-electron chi connectivity index (χ2n) is 7.61. The zero-order valence-corrected chi connectivity index (χ0v) is 16.1. The summed E-state index contributed by atoms with van der Waals surface area (Å²) in [5.41, 5.74) is -0.242. The normalized spacial score (nSPS) is 22.0. The van der Waals surface area contributed by atoms with Gasteiger partial charge in [-0.25, -0.2) is 13.1 Å². The van der Waals surface area contributed by atoms with Crippen LogP contribution in [0, 0.1) is 5.92 Å². The minimum atomic E-state index is -3.67. The average Bonchev–Trinajstić information content (AvgIpc) is 2.60. The molecular formula is C18H28N2O4S. The molecule has 0 amide bonds. The van der Waals surface area contributed by atoms with Gasteiger partial charge in [0.25, 0.3) is 0 Å². The second-order valence-corrected chi connectivity index (χ2v) is 9.35. The van der Waals surface area contributed by atoms with Gasteiger partial charge >= 0.3 is 0 Å². The maximum atomic E-state index is 12.8. The number of para-hydroxylation sites is 1. The second kappa shape index (κ2) is 7.13. The van der Waals surface area contributed by atoms with Gasteiger partial charge in [0.1, 0.15) is 18.1 Å². The topological polar surface area (TPSA) is 67.9 Å². The predicted molar refractivity (Wildman–Crippen MR) is 96.7 cm³/mol. The average molecular weight is 368 g/mol. The van der Waals surface area contributed by atoms with Crippen molar-refractivity contribution in [3.8, 4) is 11.5 Å². The summed E-state index contributed by atoms with van der Waals surface area (Å²) in [6.45, 7) is 9.60. The molecule has 1 aromatic carbocycles. The van der Waals surface area contributed by atoms with Crippen molar-refractivity contribution in [3.05, 3.63) is 18.2 Å². The van der Waals surface area contributed by atoms with E-state index in [4.69, 9.17) is 9.47 Å². The molecular weight excluding hydrogens is 340 g/mol. The summed E-state index contributed by atoms with van der Waals surface area (Å²) in [5.74, 6) is 1.44. The number of piperidine rings is 1. The summed E-state index contributed by atoms with van der Waals surface area (Å²) in [4.78, 5) is 2.52. The van der Waals surface area contributed by atoms with Crippen LogP contribution in [0.25, 0.3) is 0 Å². The summed E-state index contributed by atoms with van der Waals surface area (Å²) in [6, 6.07) is 4.97. The lowest BCUT2D eigenvalue weighted by molar-refractivity contribution is 0.0746. The minimum Gasteiger partial charge on any atom is -0.486 e. The van der Waals surface area contributed by atoms with Crippen LogP contribution < -0.4 is 14.2 Å². The molecule has 1 saturated heterocycles. The first-order valence-electron chi connectivity index (χ1n) is 8.93. The van der Waals surface area contributed by atoms with E-state index in [1.54, 1.807) is 18.2 Å². The fourth-order valence-electron chi connectivity index (χ4n) is 3.46. The highest BCUT2D eigenvalue weighted by Crippen LogP contribution is 2.36. The van der Waals surface area contributed by atoms with Crippen LogP contribution in [0.2, 0.25) is 0 Å². The predicted octanol–water partition coefficient (Wildman–Crippen LogP) is 2.25. The highest BCUT2D eigenvalue weighted by molar-refractivity contribution is 7.89. The molecule has 25 heavy (non-hydrogen) atoms. The molecule has 3 rings (SSSR count). The monoisotopic (exact) mass is 368 g/mol. The van der Waals surface area contributed by atoms with Crippen LogP contribution in [0.5, 0.6) is 11.5 Å². The van der Waals surface area contributed by atoms with Crippen molar-refractivity contribution in [2.24, 2.45) is 5.92 Å². The van der Waals surface area contributed by atoms with Gasteiger partial charge in [-0.05, 0) is 51.3 Å². The molecule has 1 N–H and O–H groups in total. The molecule has 6 nitrogen and oxygen atoms in total. The third-order valence-electron chi connectivity index (χ3n) is 5.03. The van der Waals surface area contributed by atoms with Crippen molar-refractivity contribution < 1.29 is 17.9 Å². The Labute approximate surface area is 150 Å². The molecule has 0 spiro atoms. The van der Waals surface area contributed by atoms with Gasteiger partial charge in [-0.15, -0.1) is 0 Å². The smallest absolute Gasteiger partial charge is 0.244 e. The van der Waals surface area contributed by atoms with Gasteiger partial charge in [0, 0.05) is 18.6 Å². The highest BCUT2D eigenvalue weighted by Gasteiger charge is 2.32. The van der Waals surface area contributed by atoms with Crippen LogP contribution in [0.1, 0.15) is 33.6 Å². The molecule has 0 radical (unpaired) electrons. The van der Waals surface area contributed by atoms with E-state index in [-0.39, 0.29) is 10.4 Å². The zero-order valence-electron chi connectivity index (χ0n) is 15.2. The Balaban J connectivity index is 1.74. The first kappa shape index (κ1) is 18.5. The van der Waals surface area contributed by atoms with Crippen LogP contribution in [0.15, 0.2) is 23.1 Å². The van der Waals surface area contributed by atoms with Gasteiger partial charge < -0.3 is 9.47 Å². The molecule has 0 aliphatic carbocycles. The van der Waals surface area contributed by atoms with Gasteiger partial charge in [-0.2, -0.15) is 0 Å². The van der Waals surface area contributed by atoms with Crippen molar-refractivity contribution in [2.45, 2.75) is 44.0 Å². The highest BCUT2D eigenvalue weighted by atomic mass is 32.2. The number of benzene rings is 1. The van der Waals surface area contributed by atoms with Crippen molar-refractivity contribution in [1.82, 2.24) is 9.62 Å². The van der Waals surface area contributed by atoms with Gasteiger partial charge in [0.05, 0.1) is 0 Å². The molecule has 1 unspecified atom stereocenters. The largest absolute Gasteiger partial charge is 0.486 e. The van der Waals surface area contributed by atoms with Crippen LogP contribution in [0.4, 0.5) is 0 Å². The maximum Gasteiger partial charge on any atom is 0.244 e.